The predicted molar refractivity (Wildman–Crippen MR) is 77.8 cm³/mol. The molecular weight excluding hydrogens is 284 g/mol. The minimum absolute atomic E-state index is 0.00358. The number of amides is 1. The summed E-state index contributed by atoms with van der Waals surface area (Å²) in [5.41, 5.74) is 1.61. The van der Waals surface area contributed by atoms with Crippen LogP contribution in [0.5, 0.6) is 0 Å². The van der Waals surface area contributed by atoms with Gasteiger partial charge in [-0.1, -0.05) is 35.5 Å². The van der Waals surface area contributed by atoms with Gasteiger partial charge in [-0.05, 0) is 12.8 Å². The van der Waals surface area contributed by atoms with Crippen LogP contribution in [-0.4, -0.2) is 49.5 Å². The summed E-state index contributed by atoms with van der Waals surface area (Å²) in [6.45, 7) is 0.486. The smallest absolute Gasteiger partial charge is 0.326 e. The van der Waals surface area contributed by atoms with Gasteiger partial charge in [-0.15, -0.1) is 5.10 Å². The molecule has 2 aromatic rings. The molecule has 1 fully saturated rings. The third-order valence-corrected chi connectivity index (χ3v) is 3.76. The molecule has 7 heteroatoms. The Balaban J connectivity index is 1.70. The van der Waals surface area contributed by atoms with E-state index in [-0.39, 0.29) is 12.5 Å². The quantitative estimate of drug-likeness (QED) is 0.910. The summed E-state index contributed by atoms with van der Waals surface area (Å²) in [6.07, 6.45) is 2.92. The number of benzene rings is 1. The molecule has 0 spiro atoms. The van der Waals surface area contributed by atoms with Crippen molar-refractivity contribution in [3.05, 3.63) is 36.5 Å². The minimum atomic E-state index is -0.950. The summed E-state index contributed by atoms with van der Waals surface area (Å²) >= 11 is 0. The van der Waals surface area contributed by atoms with Crippen LogP contribution in [0.15, 0.2) is 36.5 Å². The standard InChI is InChI=1S/C15H16N4O3/c20-14(19-8-4-7-13(19)15(21)22)10-18-9-12(16-17-18)11-5-2-1-3-6-11/h1-3,5-6,9,13H,4,7-8,10H2,(H,21,22)/t13-/m0/s1. The molecule has 2 heterocycles. The summed E-state index contributed by atoms with van der Waals surface area (Å²) in [6, 6.07) is 8.83. The van der Waals surface area contributed by atoms with Crippen molar-refractivity contribution >= 4 is 11.9 Å². The van der Waals surface area contributed by atoms with E-state index in [9.17, 15) is 9.59 Å². The Morgan fingerprint density at radius 2 is 2.05 bits per heavy atom. The van der Waals surface area contributed by atoms with Crippen LogP contribution in [-0.2, 0) is 16.1 Å². The molecular formula is C15H16N4O3. The highest BCUT2D eigenvalue weighted by atomic mass is 16.4. The topological polar surface area (TPSA) is 88.3 Å². The largest absolute Gasteiger partial charge is 0.480 e. The van der Waals surface area contributed by atoms with Gasteiger partial charge < -0.3 is 10.0 Å². The Morgan fingerprint density at radius 3 is 2.77 bits per heavy atom. The maximum Gasteiger partial charge on any atom is 0.326 e. The second-order valence-corrected chi connectivity index (χ2v) is 5.25. The van der Waals surface area contributed by atoms with Crippen LogP contribution < -0.4 is 0 Å². The molecule has 1 aromatic heterocycles. The number of aliphatic carboxylic acids is 1. The maximum absolute atomic E-state index is 12.2. The highest BCUT2D eigenvalue weighted by molar-refractivity contribution is 5.84. The van der Waals surface area contributed by atoms with E-state index >= 15 is 0 Å². The SMILES string of the molecule is O=C(O)[C@@H]1CCCN1C(=O)Cn1cc(-c2ccccc2)nn1. The number of carbonyl (C=O) groups is 2. The van der Waals surface area contributed by atoms with Crippen molar-refractivity contribution < 1.29 is 14.7 Å². The van der Waals surface area contributed by atoms with Gasteiger partial charge in [-0.2, -0.15) is 0 Å². The average Bonchev–Trinajstić information content (AvgIpc) is 3.17. The van der Waals surface area contributed by atoms with E-state index in [2.05, 4.69) is 10.3 Å². The Labute approximate surface area is 127 Å². The minimum Gasteiger partial charge on any atom is -0.480 e. The molecule has 1 aromatic carbocycles. The number of rotatable bonds is 4. The second-order valence-electron chi connectivity index (χ2n) is 5.25. The molecule has 22 heavy (non-hydrogen) atoms. The summed E-state index contributed by atoms with van der Waals surface area (Å²) in [5.74, 6) is -1.19. The van der Waals surface area contributed by atoms with Gasteiger partial charge in [0, 0.05) is 12.1 Å². The lowest BCUT2D eigenvalue weighted by Crippen LogP contribution is -2.42. The molecule has 3 rings (SSSR count). The van der Waals surface area contributed by atoms with E-state index in [1.807, 2.05) is 30.3 Å². The van der Waals surface area contributed by atoms with Crippen molar-refractivity contribution in [3.63, 3.8) is 0 Å². The number of hydrogen-bond donors (Lipinski definition) is 1. The summed E-state index contributed by atoms with van der Waals surface area (Å²) in [7, 11) is 0. The molecule has 7 nitrogen and oxygen atoms in total. The zero-order chi connectivity index (χ0) is 15.5. The number of carboxylic acids is 1. The summed E-state index contributed by atoms with van der Waals surface area (Å²) in [4.78, 5) is 24.8. The number of carboxylic acid groups (broad SMARTS) is 1. The van der Waals surface area contributed by atoms with Gasteiger partial charge in [-0.25, -0.2) is 9.48 Å². The van der Waals surface area contributed by atoms with Gasteiger partial charge in [0.05, 0.1) is 6.20 Å². The van der Waals surface area contributed by atoms with E-state index in [0.29, 0.717) is 18.7 Å². The van der Waals surface area contributed by atoms with E-state index in [0.717, 1.165) is 12.0 Å². The molecule has 1 saturated heterocycles. The first-order valence-corrected chi connectivity index (χ1v) is 7.13. The number of carbonyl (C=O) groups excluding carboxylic acids is 1. The van der Waals surface area contributed by atoms with Crippen LogP contribution >= 0.6 is 0 Å². The molecule has 0 aliphatic carbocycles. The summed E-state index contributed by atoms with van der Waals surface area (Å²) < 4.78 is 1.45. The predicted octanol–water partition coefficient (Wildman–Crippen LogP) is 1.02. The third kappa shape index (κ3) is 2.83. The van der Waals surface area contributed by atoms with E-state index in [4.69, 9.17) is 5.11 Å². The van der Waals surface area contributed by atoms with Crippen molar-refractivity contribution in [2.24, 2.45) is 0 Å². The number of hydrogen-bond acceptors (Lipinski definition) is 4. The maximum atomic E-state index is 12.2. The summed E-state index contributed by atoms with van der Waals surface area (Å²) in [5, 5.41) is 17.1. The monoisotopic (exact) mass is 300 g/mol. The average molecular weight is 300 g/mol. The van der Waals surface area contributed by atoms with E-state index in [1.54, 1.807) is 6.20 Å². The fourth-order valence-corrected chi connectivity index (χ4v) is 2.67. The van der Waals surface area contributed by atoms with Gasteiger partial charge in [0.25, 0.3) is 0 Å². The Kier molecular flexibility index (Phi) is 3.86. The van der Waals surface area contributed by atoms with Gasteiger partial charge in [-0.3, -0.25) is 4.79 Å². The number of aromatic nitrogens is 3. The van der Waals surface area contributed by atoms with Crippen molar-refractivity contribution in [1.82, 2.24) is 19.9 Å². The lowest BCUT2D eigenvalue weighted by atomic mass is 10.2. The molecule has 0 unspecified atom stereocenters. The molecule has 1 aliphatic rings. The van der Waals surface area contributed by atoms with Gasteiger partial charge >= 0.3 is 5.97 Å². The zero-order valence-electron chi connectivity index (χ0n) is 11.9. The van der Waals surface area contributed by atoms with Gasteiger partial charge in [0.2, 0.25) is 5.91 Å². The van der Waals surface area contributed by atoms with Crippen LogP contribution in [0.3, 0.4) is 0 Å². The Bertz CT molecular complexity index is 683. The van der Waals surface area contributed by atoms with Crippen LogP contribution in [0.2, 0.25) is 0 Å². The van der Waals surface area contributed by atoms with Crippen LogP contribution in [0, 0.1) is 0 Å². The van der Waals surface area contributed by atoms with Crippen molar-refractivity contribution in [1.29, 1.82) is 0 Å². The molecule has 1 N–H and O–H groups in total. The first-order chi connectivity index (χ1) is 10.6. The Hall–Kier alpha value is -2.70. The van der Waals surface area contributed by atoms with Crippen molar-refractivity contribution in [2.75, 3.05) is 6.54 Å². The van der Waals surface area contributed by atoms with E-state index in [1.165, 1.54) is 9.58 Å². The first kappa shape index (κ1) is 14.2. The fraction of sp³-hybridized carbons (Fsp3) is 0.333. The lowest BCUT2D eigenvalue weighted by molar-refractivity contribution is -0.148. The molecule has 0 saturated carbocycles. The highest BCUT2D eigenvalue weighted by Gasteiger charge is 2.33. The molecule has 0 bridgehead atoms. The molecule has 1 atom stereocenters. The zero-order valence-corrected chi connectivity index (χ0v) is 11.9. The van der Waals surface area contributed by atoms with Crippen LogP contribution in [0.4, 0.5) is 0 Å². The lowest BCUT2D eigenvalue weighted by Gasteiger charge is -2.21. The molecule has 114 valence electrons. The van der Waals surface area contributed by atoms with Crippen LogP contribution in [0.25, 0.3) is 11.3 Å². The van der Waals surface area contributed by atoms with Gasteiger partial charge in [0.1, 0.15) is 18.3 Å². The normalized spacial score (nSPS) is 17.6. The van der Waals surface area contributed by atoms with Gasteiger partial charge in [0.15, 0.2) is 0 Å². The molecule has 0 radical (unpaired) electrons. The third-order valence-electron chi connectivity index (χ3n) is 3.76. The van der Waals surface area contributed by atoms with E-state index < -0.39 is 12.0 Å². The molecule has 1 amide bonds. The van der Waals surface area contributed by atoms with Crippen molar-refractivity contribution in [2.45, 2.75) is 25.4 Å². The number of likely N-dealkylation sites (tertiary alicyclic amines) is 1. The Morgan fingerprint density at radius 1 is 1.27 bits per heavy atom. The van der Waals surface area contributed by atoms with Crippen LogP contribution in [0.1, 0.15) is 12.8 Å². The van der Waals surface area contributed by atoms with Crippen molar-refractivity contribution in [3.8, 4) is 11.3 Å². The molecule has 1 aliphatic heterocycles. The number of nitrogens with zero attached hydrogens (tertiary/aromatic N) is 4. The fourth-order valence-electron chi connectivity index (χ4n) is 2.67. The highest BCUT2D eigenvalue weighted by Crippen LogP contribution is 2.19. The second kappa shape index (κ2) is 5.97. The first-order valence-electron chi connectivity index (χ1n) is 7.13.